The number of guanidine groups is 1. The molecule has 1 aliphatic rings. The van der Waals surface area contributed by atoms with Crippen LogP contribution < -0.4 is 10.6 Å². The lowest BCUT2D eigenvalue weighted by Gasteiger charge is -2.16. The molecule has 0 aliphatic heterocycles. The molecular formula is C21H31N5O. The number of hydrogen-bond donors (Lipinski definition) is 2. The van der Waals surface area contributed by atoms with Gasteiger partial charge in [-0.2, -0.15) is 5.10 Å². The van der Waals surface area contributed by atoms with E-state index in [0.29, 0.717) is 19.3 Å². The Hall–Kier alpha value is -2.34. The van der Waals surface area contributed by atoms with E-state index < -0.39 is 0 Å². The topological polar surface area (TPSA) is 63.5 Å². The van der Waals surface area contributed by atoms with Gasteiger partial charge in [-0.15, -0.1) is 0 Å². The second kappa shape index (κ2) is 10.7. The van der Waals surface area contributed by atoms with Crippen molar-refractivity contribution >= 4 is 5.96 Å². The van der Waals surface area contributed by atoms with Crippen molar-refractivity contribution in [2.75, 3.05) is 20.2 Å². The molecule has 0 unspecified atom stereocenters. The average molecular weight is 370 g/mol. The van der Waals surface area contributed by atoms with Gasteiger partial charge in [-0.05, 0) is 31.0 Å². The second-order valence-electron chi connectivity index (χ2n) is 6.92. The van der Waals surface area contributed by atoms with Gasteiger partial charge in [0.25, 0.3) is 0 Å². The monoisotopic (exact) mass is 369 g/mol. The summed E-state index contributed by atoms with van der Waals surface area (Å²) >= 11 is 0. The predicted molar refractivity (Wildman–Crippen MR) is 109 cm³/mol. The van der Waals surface area contributed by atoms with Crippen molar-refractivity contribution in [1.29, 1.82) is 0 Å². The molecule has 0 saturated heterocycles. The Kier molecular flexibility index (Phi) is 7.71. The molecule has 1 aromatic carbocycles. The number of para-hydroxylation sites is 1. The third kappa shape index (κ3) is 6.40. The van der Waals surface area contributed by atoms with E-state index in [1.54, 1.807) is 7.05 Å². The number of ether oxygens (including phenoxy) is 1. The van der Waals surface area contributed by atoms with Crippen LogP contribution in [0.2, 0.25) is 0 Å². The Labute approximate surface area is 162 Å². The molecule has 0 radical (unpaired) electrons. The minimum absolute atomic E-state index is 0.436. The zero-order chi connectivity index (χ0) is 18.7. The SMILES string of the molecule is CN=C(NCCOC1CCCCCC1)NCc1ccn(-c2ccccc2)n1. The number of nitrogens with one attached hydrogen (secondary N) is 2. The normalized spacial score (nSPS) is 16.1. The number of nitrogens with zero attached hydrogens (tertiary/aromatic N) is 3. The maximum atomic E-state index is 6.01. The molecule has 0 amide bonds. The zero-order valence-corrected chi connectivity index (χ0v) is 16.2. The molecule has 1 heterocycles. The van der Waals surface area contributed by atoms with Gasteiger partial charge in [-0.25, -0.2) is 4.68 Å². The van der Waals surface area contributed by atoms with Crippen LogP contribution in [0.5, 0.6) is 0 Å². The van der Waals surface area contributed by atoms with Crippen molar-refractivity contribution in [3.63, 3.8) is 0 Å². The maximum Gasteiger partial charge on any atom is 0.191 e. The van der Waals surface area contributed by atoms with Gasteiger partial charge in [0.2, 0.25) is 0 Å². The molecule has 0 spiro atoms. The molecular weight excluding hydrogens is 338 g/mol. The van der Waals surface area contributed by atoms with Crippen LogP contribution in [0.1, 0.15) is 44.2 Å². The van der Waals surface area contributed by atoms with Gasteiger partial charge < -0.3 is 15.4 Å². The van der Waals surface area contributed by atoms with E-state index in [9.17, 15) is 0 Å². The molecule has 0 atom stereocenters. The molecule has 6 heteroatoms. The summed E-state index contributed by atoms with van der Waals surface area (Å²) in [6.07, 6.45) is 10.1. The van der Waals surface area contributed by atoms with Crippen LogP contribution in [0, 0.1) is 0 Å². The quantitative estimate of drug-likeness (QED) is 0.340. The van der Waals surface area contributed by atoms with Gasteiger partial charge in [-0.3, -0.25) is 4.99 Å². The summed E-state index contributed by atoms with van der Waals surface area (Å²) in [5.74, 6) is 0.772. The summed E-state index contributed by atoms with van der Waals surface area (Å²) in [4.78, 5) is 4.27. The van der Waals surface area contributed by atoms with Crippen molar-refractivity contribution in [2.24, 2.45) is 4.99 Å². The van der Waals surface area contributed by atoms with Crippen molar-refractivity contribution in [3.8, 4) is 5.69 Å². The molecule has 2 N–H and O–H groups in total. The molecule has 27 heavy (non-hydrogen) atoms. The van der Waals surface area contributed by atoms with Crippen LogP contribution in [0.25, 0.3) is 5.69 Å². The number of hydrogen-bond acceptors (Lipinski definition) is 3. The summed E-state index contributed by atoms with van der Waals surface area (Å²) in [5.41, 5.74) is 2.03. The van der Waals surface area contributed by atoms with Gasteiger partial charge in [0.1, 0.15) is 0 Å². The van der Waals surface area contributed by atoms with Crippen molar-refractivity contribution in [1.82, 2.24) is 20.4 Å². The Morgan fingerprint density at radius 1 is 1.11 bits per heavy atom. The fourth-order valence-corrected chi connectivity index (χ4v) is 3.38. The van der Waals surface area contributed by atoms with E-state index in [2.05, 4.69) is 20.7 Å². The highest BCUT2D eigenvalue weighted by Crippen LogP contribution is 2.19. The third-order valence-corrected chi connectivity index (χ3v) is 4.88. The Bertz CT molecular complexity index is 690. The van der Waals surface area contributed by atoms with E-state index in [4.69, 9.17) is 4.74 Å². The average Bonchev–Trinajstić information content (AvgIpc) is 3.04. The molecule has 1 aromatic heterocycles. The number of aromatic nitrogens is 2. The minimum Gasteiger partial charge on any atom is -0.376 e. The highest BCUT2D eigenvalue weighted by atomic mass is 16.5. The number of rotatable bonds is 7. The van der Waals surface area contributed by atoms with Crippen LogP contribution >= 0.6 is 0 Å². The fourth-order valence-electron chi connectivity index (χ4n) is 3.38. The van der Waals surface area contributed by atoms with Crippen molar-refractivity contribution in [3.05, 3.63) is 48.3 Å². The van der Waals surface area contributed by atoms with E-state index in [-0.39, 0.29) is 0 Å². The molecule has 146 valence electrons. The Morgan fingerprint density at radius 3 is 2.63 bits per heavy atom. The van der Waals surface area contributed by atoms with E-state index in [1.165, 1.54) is 38.5 Å². The standard InChI is InChI=1S/C21H31N5O/c1-22-21(23-14-16-27-20-11-7-2-3-8-12-20)24-17-18-13-15-26(25-18)19-9-5-4-6-10-19/h4-6,9-10,13,15,20H,2-3,7-8,11-12,14,16-17H2,1H3,(H2,22,23,24). The van der Waals surface area contributed by atoms with Gasteiger partial charge in [0.05, 0.1) is 30.6 Å². The van der Waals surface area contributed by atoms with Gasteiger partial charge in [-0.1, -0.05) is 43.9 Å². The third-order valence-electron chi connectivity index (χ3n) is 4.88. The summed E-state index contributed by atoms with van der Waals surface area (Å²) in [7, 11) is 1.78. The molecule has 1 aliphatic carbocycles. The van der Waals surface area contributed by atoms with E-state index in [1.807, 2.05) is 47.3 Å². The summed E-state index contributed by atoms with van der Waals surface area (Å²) < 4.78 is 7.89. The highest BCUT2D eigenvalue weighted by molar-refractivity contribution is 5.79. The van der Waals surface area contributed by atoms with Crippen molar-refractivity contribution in [2.45, 2.75) is 51.2 Å². The largest absolute Gasteiger partial charge is 0.376 e. The zero-order valence-electron chi connectivity index (χ0n) is 16.2. The molecule has 0 bridgehead atoms. The van der Waals surface area contributed by atoms with Crippen LogP contribution in [-0.2, 0) is 11.3 Å². The first-order valence-electron chi connectivity index (χ1n) is 10.0. The lowest BCUT2D eigenvalue weighted by atomic mass is 10.1. The molecule has 6 nitrogen and oxygen atoms in total. The summed E-state index contributed by atoms with van der Waals surface area (Å²) in [5, 5.41) is 11.2. The number of aliphatic imine (C=N–C) groups is 1. The maximum absolute atomic E-state index is 6.01. The van der Waals surface area contributed by atoms with Crippen LogP contribution in [0.4, 0.5) is 0 Å². The summed E-state index contributed by atoms with van der Waals surface area (Å²) in [6, 6.07) is 12.1. The van der Waals surface area contributed by atoms with Crippen molar-refractivity contribution < 1.29 is 4.74 Å². The van der Waals surface area contributed by atoms with E-state index in [0.717, 1.165) is 23.9 Å². The lowest BCUT2D eigenvalue weighted by Crippen LogP contribution is -2.39. The van der Waals surface area contributed by atoms with Crippen LogP contribution in [0.3, 0.4) is 0 Å². The smallest absolute Gasteiger partial charge is 0.191 e. The molecule has 1 fully saturated rings. The van der Waals surface area contributed by atoms with Gasteiger partial charge in [0, 0.05) is 19.8 Å². The highest BCUT2D eigenvalue weighted by Gasteiger charge is 2.12. The Balaban J connectivity index is 1.37. The predicted octanol–water partition coefficient (Wildman–Crippen LogP) is 3.28. The first-order chi connectivity index (χ1) is 13.3. The van der Waals surface area contributed by atoms with Gasteiger partial charge >= 0.3 is 0 Å². The van der Waals surface area contributed by atoms with E-state index >= 15 is 0 Å². The summed E-state index contributed by atoms with van der Waals surface area (Å²) in [6.45, 7) is 2.10. The molecule has 3 rings (SSSR count). The minimum atomic E-state index is 0.436. The van der Waals surface area contributed by atoms with Crippen LogP contribution in [-0.4, -0.2) is 42.0 Å². The van der Waals surface area contributed by atoms with Crippen LogP contribution in [0.15, 0.2) is 47.6 Å². The molecule has 2 aromatic rings. The fraction of sp³-hybridized carbons (Fsp3) is 0.524. The Morgan fingerprint density at radius 2 is 1.89 bits per heavy atom. The van der Waals surface area contributed by atoms with Gasteiger partial charge in [0.15, 0.2) is 5.96 Å². The first kappa shape index (κ1) is 19.4. The lowest BCUT2D eigenvalue weighted by molar-refractivity contribution is 0.0468. The first-order valence-corrected chi connectivity index (χ1v) is 10.0. The molecule has 1 saturated carbocycles. The number of benzene rings is 1. The second-order valence-corrected chi connectivity index (χ2v) is 6.92.